The summed E-state index contributed by atoms with van der Waals surface area (Å²) < 4.78 is 26.5. The van der Waals surface area contributed by atoms with Crippen molar-refractivity contribution in [2.75, 3.05) is 6.54 Å². The van der Waals surface area contributed by atoms with E-state index in [2.05, 4.69) is 16.1 Å². The number of amides is 1. The van der Waals surface area contributed by atoms with Crippen LogP contribution < -0.4 is 10.0 Å². The highest BCUT2D eigenvalue weighted by atomic mass is 32.2. The molecule has 0 aromatic heterocycles. The molecule has 0 heterocycles. The van der Waals surface area contributed by atoms with Crippen molar-refractivity contribution >= 4 is 15.9 Å². The number of nitriles is 1. The standard InChI is InChI=1S/C22H33N3O3S/c1-22(2,3)29(27,28)25-20-12-10-19(11-13-20)21(26)24-14-5-4-7-17-8-6-9-18(15-17)16-23/h6,8-9,15,19-20,25H,4-5,7,10-14H2,1-3H3,(H,24,26). The molecule has 1 aliphatic carbocycles. The molecule has 0 saturated heterocycles. The molecule has 0 radical (unpaired) electrons. The number of nitrogens with zero attached hydrogens (tertiary/aromatic N) is 1. The van der Waals surface area contributed by atoms with E-state index in [1.807, 2.05) is 18.2 Å². The molecule has 1 aromatic carbocycles. The summed E-state index contributed by atoms with van der Waals surface area (Å²) in [6.07, 6.45) is 5.56. The average Bonchev–Trinajstić information content (AvgIpc) is 2.67. The average molecular weight is 420 g/mol. The first kappa shape index (κ1) is 23.4. The largest absolute Gasteiger partial charge is 0.356 e. The fraction of sp³-hybridized carbons (Fsp3) is 0.636. The SMILES string of the molecule is CC(C)(C)S(=O)(=O)NC1CCC(C(=O)NCCCCc2cccc(C#N)c2)CC1. The molecule has 0 spiro atoms. The molecule has 160 valence electrons. The first-order chi connectivity index (χ1) is 13.6. The van der Waals surface area contributed by atoms with Gasteiger partial charge in [-0.2, -0.15) is 5.26 Å². The maximum absolute atomic E-state index is 12.4. The van der Waals surface area contributed by atoms with Crippen LogP contribution in [0, 0.1) is 17.2 Å². The second-order valence-corrected chi connectivity index (χ2v) is 11.3. The highest BCUT2D eigenvalue weighted by Crippen LogP contribution is 2.26. The molecule has 29 heavy (non-hydrogen) atoms. The van der Waals surface area contributed by atoms with Gasteiger partial charge in [-0.1, -0.05) is 12.1 Å². The van der Waals surface area contributed by atoms with Crippen molar-refractivity contribution in [1.29, 1.82) is 5.26 Å². The summed E-state index contributed by atoms with van der Waals surface area (Å²) in [5.74, 6) is 0.0475. The maximum Gasteiger partial charge on any atom is 0.223 e. The number of carbonyl (C=O) groups is 1. The third-order valence-corrected chi connectivity index (χ3v) is 7.73. The molecule has 1 aliphatic rings. The molecule has 2 N–H and O–H groups in total. The smallest absolute Gasteiger partial charge is 0.223 e. The molecule has 0 aliphatic heterocycles. The van der Waals surface area contributed by atoms with Gasteiger partial charge in [-0.3, -0.25) is 4.79 Å². The van der Waals surface area contributed by atoms with Crippen molar-refractivity contribution in [3.8, 4) is 6.07 Å². The molecular formula is C22H33N3O3S. The lowest BCUT2D eigenvalue weighted by molar-refractivity contribution is -0.126. The number of hydrogen-bond donors (Lipinski definition) is 2. The van der Waals surface area contributed by atoms with Crippen LogP contribution in [-0.4, -0.2) is 31.7 Å². The van der Waals surface area contributed by atoms with Crippen LogP contribution in [0.25, 0.3) is 0 Å². The molecule has 0 atom stereocenters. The highest BCUT2D eigenvalue weighted by molar-refractivity contribution is 7.90. The summed E-state index contributed by atoms with van der Waals surface area (Å²) in [5, 5.41) is 12.0. The Morgan fingerprint density at radius 2 is 1.86 bits per heavy atom. The second-order valence-electron chi connectivity index (χ2n) is 8.84. The molecule has 1 amide bonds. The van der Waals surface area contributed by atoms with Gasteiger partial charge in [-0.05, 0) is 83.4 Å². The number of hydrogen-bond acceptors (Lipinski definition) is 4. The molecule has 0 bridgehead atoms. The monoisotopic (exact) mass is 419 g/mol. The molecule has 7 heteroatoms. The van der Waals surface area contributed by atoms with E-state index in [1.165, 1.54) is 0 Å². The van der Waals surface area contributed by atoms with E-state index in [0.29, 0.717) is 37.8 Å². The summed E-state index contributed by atoms with van der Waals surface area (Å²) in [5.41, 5.74) is 1.82. The third kappa shape index (κ3) is 7.13. The van der Waals surface area contributed by atoms with Gasteiger partial charge in [0.2, 0.25) is 15.9 Å². The van der Waals surface area contributed by atoms with Crippen molar-refractivity contribution in [3.63, 3.8) is 0 Å². The predicted octanol–water partition coefficient (Wildman–Crippen LogP) is 3.27. The number of benzene rings is 1. The minimum atomic E-state index is -3.35. The van der Waals surface area contributed by atoms with E-state index in [9.17, 15) is 13.2 Å². The number of carbonyl (C=O) groups excluding carboxylic acids is 1. The van der Waals surface area contributed by atoms with Crippen LogP contribution >= 0.6 is 0 Å². The molecule has 2 rings (SSSR count). The second kappa shape index (κ2) is 10.2. The van der Waals surface area contributed by atoms with Crippen LogP contribution in [0.1, 0.15) is 70.4 Å². The lowest BCUT2D eigenvalue weighted by Gasteiger charge is -2.30. The zero-order valence-corrected chi connectivity index (χ0v) is 18.5. The Morgan fingerprint density at radius 1 is 1.17 bits per heavy atom. The topological polar surface area (TPSA) is 99.1 Å². The number of unbranched alkanes of at least 4 members (excludes halogenated alkanes) is 1. The minimum absolute atomic E-state index is 0.0299. The Labute approximate surface area is 175 Å². The Balaban J connectivity index is 1.65. The Hall–Kier alpha value is -1.91. The molecule has 6 nitrogen and oxygen atoms in total. The van der Waals surface area contributed by atoms with E-state index in [1.54, 1.807) is 26.8 Å². The first-order valence-corrected chi connectivity index (χ1v) is 11.9. The summed E-state index contributed by atoms with van der Waals surface area (Å²) >= 11 is 0. The van der Waals surface area contributed by atoms with Gasteiger partial charge >= 0.3 is 0 Å². The van der Waals surface area contributed by atoms with Gasteiger partial charge in [0, 0.05) is 18.5 Å². The maximum atomic E-state index is 12.4. The summed E-state index contributed by atoms with van der Waals surface area (Å²) in [6.45, 7) is 5.71. The van der Waals surface area contributed by atoms with Gasteiger partial charge in [-0.15, -0.1) is 0 Å². The van der Waals surface area contributed by atoms with Crippen LogP contribution in [0.4, 0.5) is 0 Å². The van der Waals surface area contributed by atoms with Gasteiger partial charge < -0.3 is 5.32 Å². The third-order valence-electron chi connectivity index (χ3n) is 5.47. The molecule has 0 unspecified atom stereocenters. The molecule has 1 fully saturated rings. The van der Waals surface area contributed by atoms with Crippen LogP contribution in [-0.2, 0) is 21.2 Å². The van der Waals surface area contributed by atoms with E-state index >= 15 is 0 Å². The minimum Gasteiger partial charge on any atom is -0.356 e. The van der Waals surface area contributed by atoms with Crippen LogP contribution in [0.2, 0.25) is 0 Å². The van der Waals surface area contributed by atoms with Gasteiger partial charge in [0.15, 0.2) is 0 Å². The van der Waals surface area contributed by atoms with Crippen molar-refractivity contribution < 1.29 is 13.2 Å². The van der Waals surface area contributed by atoms with Crippen molar-refractivity contribution in [1.82, 2.24) is 10.0 Å². The van der Waals surface area contributed by atoms with Gasteiger partial charge in [0.1, 0.15) is 0 Å². The van der Waals surface area contributed by atoms with E-state index in [0.717, 1.165) is 24.8 Å². The van der Waals surface area contributed by atoms with Crippen LogP contribution in [0.15, 0.2) is 24.3 Å². The Bertz CT molecular complexity index is 830. The normalized spacial score (nSPS) is 20.1. The van der Waals surface area contributed by atoms with Crippen molar-refractivity contribution in [2.45, 2.75) is 76.5 Å². The van der Waals surface area contributed by atoms with E-state index in [-0.39, 0.29) is 17.9 Å². The van der Waals surface area contributed by atoms with Gasteiger partial charge in [-0.25, -0.2) is 13.1 Å². The highest BCUT2D eigenvalue weighted by Gasteiger charge is 2.33. The number of aryl methyl sites for hydroxylation is 1. The summed E-state index contributed by atoms with van der Waals surface area (Å²) in [7, 11) is -3.35. The summed E-state index contributed by atoms with van der Waals surface area (Å²) in [6, 6.07) is 9.69. The fourth-order valence-electron chi connectivity index (χ4n) is 3.48. The van der Waals surface area contributed by atoms with Crippen molar-refractivity contribution in [3.05, 3.63) is 35.4 Å². The fourth-order valence-corrected chi connectivity index (χ4v) is 4.50. The van der Waals surface area contributed by atoms with Gasteiger partial charge in [0.05, 0.1) is 16.4 Å². The zero-order chi connectivity index (χ0) is 21.5. The molecule has 1 aromatic rings. The molecular weight excluding hydrogens is 386 g/mol. The number of nitrogens with one attached hydrogen (secondary N) is 2. The Kier molecular flexibility index (Phi) is 8.23. The van der Waals surface area contributed by atoms with E-state index < -0.39 is 14.8 Å². The zero-order valence-electron chi connectivity index (χ0n) is 17.7. The van der Waals surface area contributed by atoms with Crippen LogP contribution in [0.3, 0.4) is 0 Å². The summed E-state index contributed by atoms with van der Waals surface area (Å²) in [4.78, 5) is 12.4. The predicted molar refractivity (Wildman–Crippen MR) is 115 cm³/mol. The Morgan fingerprint density at radius 3 is 2.48 bits per heavy atom. The number of sulfonamides is 1. The van der Waals surface area contributed by atoms with Crippen molar-refractivity contribution in [2.24, 2.45) is 5.92 Å². The van der Waals surface area contributed by atoms with Crippen LogP contribution in [0.5, 0.6) is 0 Å². The van der Waals surface area contributed by atoms with E-state index in [4.69, 9.17) is 5.26 Å². The first-order valence-electron chi connectivity index (χ1n) is 10.4. The lowest BCUT2D eigenvalue weighted by Crippen LogP contribution is -2.46. The lowest BCUT2D eigenvalue weighted by atomic mass is 9.86. The number of rotatable bonds is 8. The molecule has 1 saturated carbocycles. The van der Waals surface area contributed by atoms with Gasteiger partial charge in [0.25, 0.3) is 0 Å². The quantitative estimate of drug-likeness (QED) is 0.632.